The van der Waals surface area contributed by atoms with Crippen molar-refractivity contribution in [2.75, 3.05) is 6.54 Å². The van der Waals surface area contributed by atoms with E-state index in [0.29, 0.717) is 18.5 Å². The smallest absolute Gasteiger partial charge is 0.326 e. The van der Waals surface area contributed by atoms with E-state index in [0.717, 1.165) is 0 Å². The lowest BCUT2D eigenvalue weighted by molar-refractivity contribution is -0.142. The molecule has 5 atom stereocenters. The first-order valence-corrected chi connectivity index (χ1v) is 12.6. The first-order chi connectivity index (χ1) is 18.3. The van der Waals surface area contributed by atoms with Crippen molar-refractivity contribution in [3.05, 3.63) is 18.2 Å². The maximum atomic E-state index is 13.3. The molecule has 4 amide bonds. The van der Waals surface area contributed by atoms with Gasteiger partial charge in [0.05, 0.1) is 12.4 Å². The maximum Gasteiger partial charge on any atom is 0.326 e. The van der Waals surface area contributed by atoms with E-state index >= 15 is 0 Å². The van der Waals surface area contributed by atoms with Gasteiger partial charge in [0.25, 0.3) is 0 Å². The Bertz CT molecular complexity index is 996. The first-order valence-electron chi connectivity index (χ1n) is 12.6. The summed E-state index contributed by atoms with van der Waals surface area (Å²) < 4.78 is 0. The molecule has 16 heteroatoms. The number of rotatable bonds is 18. The molecule has 5 unspecified atom stereocenters. The van der Waals surface area contributed by atoms with Crippen LogP contribution in [0, 0.1) is 5.92 Å². The number of H-pyrrole nitrogens is 1. The number of carbonyl (C=O) groups excluding carboxylic acids is 4. The number of amides is 4. The third-order valence-corrected chi connectivity index (χ3v) is 6.04. The zero-order valence-electron chi connectivity index (χ0n) is 22.2. The summed E-state index contributed by atoms with van der Waals surface area (Å²) in [6, 6.07) is -4.64. The number of aliphatic imine (C=N–C) groups is 1. The van der Waals surface area contributed by atoms with Gasteiger partial charge in [-0.05, 0) is 25.2 Å². The van der Waals surface area contributed by atoms with Gasteiger partial charge in [-0.3, -0.25) is 24.2 Å². The molecule has 0 aliphatic rings. The highest BCUT2D eigenvalue weighted by atomic mass is 16.4. The number of aromatic nitrogens is 2. The largest absolute Gasteiger partial charge is 0.480 e. The van der Waals surface area contributed by atoms with Gasteiger partial charge in [0.15, 0.2) is 5.96 Å². The Morgan fingerprint density at radius 1 is 1.00 bits per heavy atom. The van der Waals surface area contributed by atoms with Gasteiger partial charge in [0, 0.05) is 31.3 Å². The van der Waals surface area contributed by atoms with Gasteiger partial charge >= 0.3 is 5.97 Å². The first kappa shape index (κ1) is 32.8. The van der Waals surface area contributed by atoms with Crippen molar-refractivity contribution in [2.24, 2.45) is 33.8 Å². The quantitative estimate of drug-likeness (QED) is 0.0511. The van der Waals surface area contributed by atoms with Crippen molar-refractivity contribution in [1.82, 2.24) is 25.9 Å². The normalized spacial score (nSPS) is 14.6. The second-order valence-electron chi connectivity index (χ2n) is 9.17. The molecule has 0 fully saturated rings. The van der Waals surface area contributed by atoms with Gasteiger partial charge in [0.1, 0.15) is 18.1 Å². The molecule has 13 N–H and O–H groups in total. The van der Waals surface area contributed by atoms with E-state index in [1.165, 1.54) is 12.5 Å². The molecule has 0 radical (unpaired) electrons. The number of carboxylic acid groups (broad SMARTS) is 1. The van der Waals surface area contributed by atoms with Crippen molar-refractivity contribution in [3.63, 3.8) is 0 Å². The van der Waals surface area contributed by atoms with Gasteiger partial charge in [-0.15, -0.1) is 0 Å². The van der Waals surface area contributed by atoms with Crippen molar-refractivity contribution >= 4 is 35.6 Å². The van der Waals surface area contributed by atoms with Crippen LogP contribution in [0.3, 0.4) is 0 Å². The molecule has 0 saturated carbocycles. The predicted molar refractivity (Wildman–Crippen MR) is 141 cm³/mol. The highest BCUT2D eigenvalue weighted by molar-refractivity contribution is 5.94. The SMILES string of the molecule is CCC(C)C(N)C(=O)NC(CCCN=C(N)N)C(=O)NC(Cc1cnc[nH]1)C(=O)NC(CCC(N)=O)C(=O)O. The summed E-state index contributed by atoms with van der Waals surface area (Å²) in [5.74, 6) is -4.45. The number of nitrogens with one attached hydrogen (secondary N) is 4. The van der Waals surface area contributed by atoms with E-state index in [-0.39, 0.29) is 44.1 Å². The Morgan fingerprint density at radius 3 is 2.15 bits per heavy atom. The van der Waals surface area contributed by atoms with E-state index < -0.39 is 53.8 Å². The summed E-state index contributed by atoms with van der Waals surface area (Å²) in [5, 5.41) is 17.0. The van der Waals surface area contributed by atoms with Crippen LogP contribution in [0.1, 0.15) is 51.6 Å². The summed E-state index contributed by atoms with van der Waals surface area (Å²) in [6.07, 6.45) is 3.32. The number of carboxylic acids is 1. The summed E-state index contributed by atoms with van der Waals surface area (Å²) in [7, 11) is 0. The van der Waals surface area contributed by atoms with E-state index in [1.54, 1.807) is 6.92 Å². The minimum Gasteiger partial charge on any atom is -0.480 e. The number of aliphatic carboxylic acids is 1. The highest BCUT2D eigenvalue weighted by Crippen LogP contribution is 2.08. The number of hydrogen-bond acceptors (Lipinski definition) is 8. The Balaban J connectivity index is 3.12. The Kier molecular flexibility index (Phi) is 14.0. The van der Waals surface area contributed by atoms with E-state index in [4.69, 9.17) is 22.9 Å². The molecule has 1 aromatic heterocycles. The zero-order chi connectivity index (χ0) is 29.5. The lowest BCUT2D eigenvalue weighted by atomic mass is 9.98. The highest BCUT2D eigenvalue weighted by Gasteiger charge is 2.31. The zero-order valence-corrected chi connectivity index (χ0v) is 22.2. The number of carbonyl (C=O) groups is 5. The predicted octanol–water partition coefficient (Wildman–Crippen LogP) is -2.82. The molecule has 1 aromatic rings. The molecule has 1 rings (SSSR count). The molecule has 0 spiro atoms. The van der Waals surface area contributed by atoms with Crippen molar-refractivity contribution in [3.8, 4) is 0 Å². The maximum absolute atomic E-state index is 13.3. The monoisotopic (exact) mass is 552 g/mol. The number of guanidine groups is 1. The molecule has 1 heterocycles. The third-order valence-electron chi connectivity index (χ3n) is 6.04. The van der Waals surface area contributed by atoms with Crippen LogP contribution in [0.25, 0.3) is 0 Å². The lowest BCUT2D eigenvalue weighted by Crippen LogP contribution is -2.58. The number of nitrogens with zero attached hydrogens (tertiary/aromatic N) is 2. The van der Waals surface area contributed by atoms with Crippen molar-refractivity contribution < 1.29 is 29.1 Å². The molecule has 0 bridgehead atoms. The fourth-order valence-electron chi connectivity index (χ4n) is 3.47. The summed E-state index contributed by atoms with van der Waals surface area (Å²) in [6.45, 7) is 3.88. The van der Waals surface area contributed by atoms with E-state index in [1.807, 2.05) is 6.92 Å². The average Bonchev–Trinajstić information content (AvgIpc) is 3.39. The summed E-state index contributed by atoms with van der Waals surface area (Å²) in [5.41, 5.74) is 22.3. The molecular weight excluding hydrogens is 512 g/mol. The second-order valence-corrected chi connectivity index (χ2v) is 9.17. The number of primary amides is 1. The molecule has 0 aromatic carbocycles. The molecule has 39 heavy (non-hydrogen) atoms. The summed E-state index contributed by atoms with van der Waals surface area (Å²) in [4.78, 5) is 72.4. The Labute approximate surface area is 226 Å². The topological polar surface area (TPSA) is 287 Å². The van der Waals surface area contributed by atoms with Crippen LogP contribution in [-0.4, -0.2) is 81.3 Å². The molecular formula is C23H40N10O6. The summed E-state index contributed by atoms with van der Waals surface area (Å²) >= 11 is 0. The average molecular weight is 553 g/mol. The third kappa shape index (κ3) is 12.3. The van der Waals surface area contributed by atoms with Gasteiger partial charge in [-0.25, -0.2) is 9.78 Å². The van der Waals surface area contributed by atoms with Gasteiger partial charge in [0.2, 0.25) is 23.6 Å². The van der Waals surface area contributed by atoms with Crippen LogP contribution in [-0.2, 0) is 30.4 Å². The fraction of sp³-hybridized carbons (Fsp3) is 0.609. The van der Waals surface area contributed by atoms with Crippen LogP contribution in [0.2, 0.25) is 0 Å². The number of aromatic amines is 1. The molecule has 0 aliphatic heterocycles. The molecule has 0 aliphatic carbocycles. The lowest BCUT2D eigenvalue weighted by Gasteiger charge is -2.26. The van der Waals surface area contributed by atoms with Crippen LogP contribution in [0.5, 0.6) is 0 Å². The van der Waals surface area contributed by atoms with E-state index in [9.17, 15) is 29.1 Å². The van der Waals surface area contributed by atoms with Crippen LogP contribution in [0.15, 0.2) is 17.5 Å². The van der Waals surface area contributed by atoms with E-state index in [2.05, 4.69) is 30.9 Å². The second kappa shape index (κ2) is 16.6. The molecule has 218 valence electrons. The fourth-order valence-corrected chi connectivity index (χ4v) is 3.47. The van der Waals surface area contributed by atoms with Crippen LogP contribution < -0.4 is 38.9 Å². The minimum absolute atomic E-state index is 0.0687. The van der Waals surface area contributed by atoms with Crippen LogP contribution in [0.4, 0.5) is 0 Å². The Morgan fingerprint density at radius 2 is 1.62 bits per heavy atom. The van der Waals surface area contributed by atoms with Crippen molar-refractivity contribution in [1.29, 1.82) is 0 Å². The van der Waals surface area contributed by atoms with Crippen LogP contribution >= 0.6 is 0 Å². The number of hydrogen-bond donors (Lipinski definition) is 9. The van der Waals surface area contributed by atoms with Gasteiger partial charge in [-0.1, -0.05) is 20.3 Å². The molecule has 16 nitrogen and oxygen atoms in total. The van der Waals surface area contributed by atoms with Crippen molar-refractivity contribution in [2.45, 2.75) is 76.5 Å². The minimum atomic E-state index is -1.42. The standard InChI is InChI=1S/C23H40N10O6/c1-3-12(2)18(25)21(37)31-14(5-4-8-29-23(26)27)19(35)33-16(9-13-10-28-11-30-13)20(36)32-15(22(38)39)6-7-17(24)34/h10-12,14-16,18H,3-9,25H2,1-2H3,(H2,24,34)(H,28,30)(H,31,37)(H,32,36)(H,33,35)(H,38,39)(H4,26,27,29). The number of imidazole rings is 1. The Hall–Kier alpha value is -4.21. The van der Waals surface area contributed by atoms with Gasteiger partial charge < -0.3 is 49.0 Å². The van der Waals surface area contributed by atoms with Gasteiger partial charge in [-0.2, -0.15) is 0 Å². The number of nitrogens with two attached hydrogens (primary N) is 4. The molecule has 0 saturated heterocycles.